The number of primary amides is 1. The highest BCUT2D eigenvalue weighted by Gasteiger charge is 2.52. The second-order valence-electron chi connectivity index (χ2n) is 7.66. The molecule has 0 atom stereocenters. The van der Waals surface area contributed by atoms with Gasteiger partial charge in [0.25, 0.3) is 0 Å². The Bertz CT molecular complexity index is 1370. The van der Waals surface area contributed by atoms with Gasteiger partial charge in [-0.1, -0.05) is 35.9 Å². The zero-order valence-electron chi connectivity index (χ0n) is 17.2. The molecule has 0 saturated heterocycles. The van der Waals surface area contributed by atoms with E-state index in [9.17, 15) is 22.4 Å². The van der Waals surface area contributed by atoms with Gasteiger partial charge in [-0.3, -0.25) is 9.52 Å². The summed E-state index contributed by atoms with van der Waals surface area (Å²) in [6.45, 7) is 0. The Morgan fingerprint density at radius 3 is 2.42 bits per heavy atom. The van der Waals surface area contributed by atoms with E-state index < -0.39 is 33.3 Å². The molecule has 3 aromatic rings. The Morgan fingerprint density at radius 2 is 1.88 bits per heavy atom. The summed E-state index contributed by atoms with van der Waals surface area (Å²) in [7, 11) is -3.67. The van der Waals surface area contributed by atoms with Gasteiger partial charge in [0.1, 0.15) is 10.8 Å². The molecule has 3 N–H and O–H groups in total. The summed E-state index contributed by atoms with van der Waals surface area (Å²) < 4.78 is 45.8. The number of hydrogen-bond acceptors (Lipinski definition) is 6. The Kier molecular flexibility index (Phi) is 5.62. The zero-order chi connectivity index (χ0) is 24.0. The Balaban J connectivity index is 1.60. The average Bonchev–Trinajstić information content (AvgIpc) is 3.47. The van der Waals surface area contributed by atoms with Gasteiger partial charge in [0.05, 0.1) is 23.6 Å². The molecule has 33 heavy (non-hydrogen) atoms. The summed E-state index contributed by atoms with van der Waals surface area (Å²) in [5.41, 5.74) is 5.89. The Labute approximate surface area is 193 Å². The molecule has 0 radical (unpaired) electrons. The van der Waals surface area contributed by atoms with Crippen LogP contribution in [0.1, 0.15) is 18.4 Å². The van der Waals surface area contributed by atoms with E-state index in [1.54, 1.807) is 30.3 Å². The fourth-order valence-corrected chi connectivity index (χ4v) is 4.26. The number of carbonyl (C=O) groups excluding carboxylic acids is 2. The molecule has 1 aromatic heterocycles. The van der Waals surface area contributed by atoms with Crippen LogP contribution in [0.5, 0.6) is 5.88 Å². The van der Waals surface area contributed by atoms with E-state index in [-0.39, 0.29) is 22.2 Å². The lowest BCUT2D eigenvalue weighted by Crippen LogP contribution is -2.38. The third kappa shape index (κ3) is 4.55. The molecule has 172 valence electrons. The summed E-state index contributed by atoms with van der Waals surface area (Å²) >= 11 is 5.95. The van der Waals surface area contributed by atoms with Crippen LogP contribution >= 0.6 is 11.6 Å². The highest BCUT2D eigenvalue weighted by Crippen LogP contribution is 2.48. The van der Waals surface area contributed by atoms with Crippen LogP contribution in [0.3, 0.4) is 0 Å². The van der Waals surface area contributed by atoms with Crippen molar-refractivity contribution in [2.45, 2.75) is 18.3 Å². The van der Waals surface area contributed by atoms with Crippen molar-refractivity contribution in [1.29, 1.82) is 0 Å². The van der Waals surface area contributed by atoms with Crippen LogP contribution in [-0.2, 0) is 20.2 Å². The minimum absolute atomic E-state index is 0.0304. The normalized spacial score (nSPS) is 14.5. The van der Waals surface area contributed by atoms with E-state index in [4.69, 9.17) is 22.1 Å². The Morgan fingerprint density at radius 1 is 1.21 bits per heavy atom. The number of rotatable bonds is 6. The predicted molar refractivity (Wildman–Crippen MR) is 118 cm³/mol. The first-order valence-corrected chi connectivity index (χ1v) is 11.9. The molecule has 2 amide bonds. The maximum Gasteiger partial charge on any atom is 0.411 e. The fraction of sp³-hybridized carbons (Fsp3) is 0.190. The van der Waals surface area contributed by atoms with Gasteiger partial charge in [-0.05, 0) is 36.1 Å². The molecule has 2 aromatic carbocycles. The highest BCUT2D eigenvalue weighted by atomic mass is 35.5. The fourth-order valence-electron chi connectivity index (χ4n) is 3.57. The van der Waals surface area contributed by atoms with E-state index in [2.05, 4.69) is 5.10 Å². The van der Waals surface area contributed by atoms with E-state index in [0.29, 0.717) is 24.0 Å². The first kappa shape index (κ1) is 22.7. The molecule has 0 spiro atoms. The van der Waals surface area contributed by atoms with Crippen molar-refractivity contribution in [3.05, 3.63) is 65.1 Å². The van der Waals surface area contributed by atoms with Crippen LogP contribution in [0.2, 0.25) is 5.02 Å². The first-order valence-electron chi connectivity index (χ1n) is 9.64. The van der Waals surface area contributed by atoms with Crippen LogP contribution in [0.4, 0.5) is 9.18 Å². The molecule has 0 unspecified atom stereocenters. The number of nitrogens with one attached hydrogen (secondary N) is 1. The van der Waals surface area contributed by atoms with Crippen molar-refractivity contribution in [3.8, 4) is 22.7 Å². The number of halogens is 2. The summed E-state index contributed by atoms with van der Waals surface area (Å²) in [4.78, 5) is 23.5. The number of benzene rings is 2. The van der Waals surface area contributed by atoms with Gasteiger partial charge in [0, 0.05) is 11.6 Å². The molecular formula is C21H18ClFN4O5S. The van der Waals surface area contributed by atoms with Crippen molar-refractivity contribution in [2.75, 3.05) is 6.26 Å². The average molecular weight is 493 g/mol. The Hall–Kier alpha value is -3.44. The van der Waals surface area contributed by atoms with Gasteiger partial charge in [0.2, 0.25) is 21.8 Å². The molecule has 4 rings (SSSR count). The third-order valence-corrected chi connectivity index (χ3v) is 6.10. The maximum atomic E-state index is 14.9. The number of nitrogens with two attached hydrogens (primary N) is 1. The lowest BCUT2D eigenvalue weighted by Gasteiger charge is -2.15. The maximum absolute atomic E-state index is 14.9. The topological polar surface area (TPSA) is 133 Å². The van der Waals surface area contributed by atoms with E-state index in [1.807, 2.05) is 4.72 Å². The SMILES string of the molecule is CS(=O)(=O)NC(=O)C1(c2ccc(-c3ccc(-n4ncc(Cl)c4OC(N)=O)cc3F)cc2)CC1. The molecule has 0 aliphatic heterocycles. The van der Waals surface area contributed by atoms with Crippen LogP contribution < -0.4 is 15.2 Å². The molecule has 1 heterocycles. The summed E-state index contributed by atoms with van der Waals surface area (Å²) in [5.74, 6) is -1.28. The van der Waals surface area contributed by atoms with Crippen molar-refractivity contribution < 1.29 is 27.1 Å². The number of nitrogens with zero attached hydrogens (tertiary/aromatic N) is 2. The molecule has 1 aliphatic carbocycles. The first-order chi connectivity index (χ1) is 15.5. The van der Waals surface area contributed by atoms with Crippen LogP contribution in [0.15, 0.2) is 48.7 Å². The minimum atomic E-state index is -3.67. The summed E-state index contributed by atoms with van der Waals surface area (Å²) in [6.07, 6.45) is 2.13. The lowest BCUT2D eigenvalue weighted by molar-refractivity contribution is -0.121. The number of amides is 2. The largest absolute Gasteiger partial charge is 0.411 e. The van der Waals surface area contributed by atoms with Crippen LogP contribution in [0, 0.1) is 5.82 Å². The van der Waals surface area contributed by atoms with Gasteiger partial charge in [-0.15, -0.1) is 0 Å². The van der Waals surface area contributed by atoms with E-state index in [0.717, 1.165) is 10.9 Å². The van der Waals surface area contributed by atoms with E-state index >= 15 is 0 Å². The van der Waals surface area contributed by atoms with Gasteiger partial charge in [-0.25, -0.2) is 17.6 Å². The van der Waals surface area contributed by atoms with Gasteiger partial charge in [-0.2, -0.15) is 9.78 Å². The minimum Gasteiger partial charge on any atom is -0.390 e. The highest BCUT2D eigenvalue weighted by molar-refractivity contribution is 7.89. The predicted octanol–water partition coefficient (Wildman–Crippen LogP) is 2.90. The molecule has 1 fully saturated rings. The van der Waals surface area contributed by atoms with Gasteiger partial charge >= 0.3 is 6.09 Å². The molecule has 12 heteroatoms. The number of sulfonamides is 1. The van der Waals surface area contributed by atoms with Gasteiger partial charge in [0.15, 0.2) is 0 Å². The molecule has 0 bridgehead atoms. The van der Waals surface area contributed by atoms with Crippen molar-refractivity contribution in [3.63, 3.8) is 0 Å². The smallest absolute Gasteiger partial charge is 0.390 e. The standard InChI is InChI=1S/C21H18ClFN4O5S/c1-33(30,31)26-19(28)21(8-9-21)13-4-2-12(3-5-13)15-7-6-14(10-17(15)23)27-18(32-20(24)29)16(22)11-25-27/h2-7,10-11H,8-9H2,1H3,(H2,24,29)(H,26,28). The van der Waals surface area contributed by atoms with Gasteiger partial charge < -0.3 is 10.5 Å². The monoisotopic (exact) mass is 492 g/mol. The van der Waals surface area contributed by atoms with Crippen molar-refractivity contribution in [2.24, 2.45) is 5.73 Å². The molecule has 9 nitrogen and oxygen atoms in total. The second-order valence-corrected chi connectivity index (χ2v) is 9.81. The van der Waals surface area contributed by atoms with Crippen LogP contribution in [0.25, 0.3) is 16.8 Å². The molecule has 1 aliphatic rings. The number of carbonyl (C=O) groups is 2. The molecule has 1 saturated carbocycles. The van der Waals surface area contributed by atoms with Crippen molar-refractivity contribution >= 4 is 33.6 Å². The number of hydrogen-bond donors (Lipinski definition) is 2. The summed E-state index contributed by atoms with van der Waals surface area (Å²) in [6, 6.07) is 11.0. The summed E-state index contributed by atoms with van der Waals surface area (Å²) in [5, 5.41) is 4.00. The lowest BCUT2D eigenvalue weighted by atomic mass is 9.93. The van der Waals surface area contributed by atoms with Crippen LogP contribution in [-0.4, -0.2) is 36.5 Å². The van der Waals surface area contributed by atoms with E-state index in [1.165, 1.54) is 18.3 Å². The quantitative estimate of drug-likeness (QED) is 0.543. The van der Waals surface area contributed by atoms with Crippen molar-refractivity contribution in [1.82, 2.24) is 14.5 Å². The molecular weight excluding hydrogens is 475 g/mol. The number of aromatic nitrogens is 2. The number of ether oxygens (including phenoxy) is 1. The second kappa shape index (κ2) is 8.16. The third-order valence-electron chi connectivity index (χ3n) is 5.29. The zero-order valence-corrected chi connectivity index (χ0v) is 18.8.